The summed E-state index contributed by atoms with van der Waals surface area (Å²) in [6.07, 6.45) is 3.31. The average molecular weight is 280 g/mol. The molecule has 6 nitrogen and oxygen atoms in total. The number of likely N-dealkylation sites (tertiary alicyclic amines) is 1. The minimum absolute atomic E-state index is 0.291. The Morgan fingerprint density at radius 2 is 2.30 bits per heavy atom. The van der Waals surface area contributed by atoms with Gasteiger partial charge >= 0.3 is 5.97 Å². The van der Waals surface area contributed by atoms with Crippen LogP contribution in [0.1, 0.15) is 18.5 Å². The van der Waals surface area contributed by atoms with E-state index < -0.39 is 5.97 Å². The van der Waals surface area contributed by atoms with Gasteiger partial charge in [0.2, 0.25) is 0 Å². The molecule has 2 rings (SSSR count). The average Bonchev–Trinajstić information content (AvgIpc) is 2.47. The molecule has 1 aromatic heterocycles. The molecule has 20 heavy (non-hydrogen) atoms. The van der Waals surface area contributed by atoms with Gasteiger partial charge in [-0.05, 0) is 19.4 Å². The molecule has 1 fully saturated rings. The second kappa shape index (κ2) is 6.56. The Bertz CT molecular complexity index is 478. The number of ether oxygens (including phenoxy) is 2. The normalized spacial score (nSPS) is 19.6. The number of piperidine rings is 1. The maximum atomic E-state index is 11.1. The summed E-state index contributed by atoms with van der Waals surface area (Å²) in [6.45, 7) is 2.01. The molecule has 1 aromatic rings. The molecule has 0 amide bonds. The van der Waals surface area contributed by atoms with Gasteiger partial charge in [-0.3, -0.25) is 14.7 Å². The third kappa shape index (κ3) is 3.19. The lowest BCUT2D eigenvalue weighted by molar-refractivity contribution is -0.143. The van der Waals surface area contributed by atoms with Gasteiger partial charge in [-0.1, -0.05) is 0 Å². The highest BCUT2D eigenvalue weighted by Crippen LogP contribution is 2.30. The summed E-state index contributed by atoms with van der Waals surface area (Å²) in [5, 5.41) is 9.12. The third-order valence-electron chi connectivity index (χ3n) is 3.59. The first-order chi connectivity index (χ1) is 9.65. The fourth-order valence-corrected chi connectivity index (χ4v) is 2.58. The van der Waals surface area contributed by atoms with E-state index in [4.69, 9.17) is 14.6 Å². The number of carboxylic acid groups (broad SMARTS) is 1. The standard InChI is InChI=1S/C14H20N2O4/c1-19-12-5-6-15-11(13(12)20-2)9-16-7-3-4-10(8-16)14(17)18/h5-6,10H,3-4,7-9H2,1-2H3,(H,17,18). The van der Waals surface area contributed by atoms with Crippen LogP contribution in [-0.4, -0.2) is 48.3 Å². The van der Waals surface area contributed by atoms with Crippen LogP contribution in [0.3, 0.4) is 0 Å². The van der Waals surface area contributed by atoms with E-state index in [0.717, 1.165) is 25.1 Å². The molecule has 0 aromatic carbocycles. The molecule has 110 valence electrons. The number of aliphatic carboxylic acids is 1. The molecule has 0 aliphatic carbocycles. The molecule has 1 atom stereocenters. The highest BCUT2D eigenvalue weighted by atomic mass is 16.5. The maximum Gasteiger partial charge on any atom is 0.307 e. The van der Waals surface area contributed by atoms with Crippen LogP contribution in [0.25, 0.3) is 0 Å². The molecule has 6 heteroatoms. The van der Waals surface area contributed by atoms with Gasteiger partial charge in [-0.25, -0.2) is 0 Å². The van der Waals surface area contributed by atoms with Gasteiger partial charge in [-0.15, -0.1) is 0 Å². The molecule has 1 aliphatic rings. The lowest BCUT2D eigenvalue weighted by atomic mass is 9.98. The van der Waals surface area contributed by atoms with Crippen molar-refractivity contribution in [2.24, 2.45) is 5.92 Å². The first kappa shape index (κ1) is 14.6. The van der Waals surface area contributed by atoms with Crippen LogP contribution in [0, 0.1) is 5.92 Å². The largest absolute Gasteiger partial charge is 0.493 e. The number of methoxy groups -OCH3 is 2. The van der Waals surface area contributed by atoms with E-state index in [1.54, 1.807) is 26.5 Å². The van der Waals surface area contributed by atoms with E-state index in [2.05, 4.69) is 9.88 Å². The molecule has 0 spiro atoms. The van der Waals surface area contributed by atoms with Crippen molar-refractivity contribution in [2.75, 3.05) is 27.3 Å². The quantitative estimate of drug-likeness (QED) is 0.879. The predicted octanol–water partition coefficient (Wildman–Crippen LogP) is 1.40. The first-order valence-electron chi connectivity index (χ1n) is 6.66. The Morgan fingerprint density at radius 3 is 2.95 bits per heavy atom. The van der Waals surface area contributed by atoms with Gasteiger partial charge in [0.05, 0.1) is 20.1 Å². The number of carboxylic acids is 1. The molecular weight excluding hydrogens is 260 g/mol. The zero-order chi connectivity index (χ0) is 14.5. The van der Waals surface area contributed by atoms with E-state index in [0.29, 0.717) is 24.6 Å². The number of aromatic nitrogens is 1. The van der Waals surface area contributed by atoms with Crippen LogP contribution in [0.4, 0.5) is 0 Å². The van der Waals surface area contributed by atoms with Crippen molar-refractivity contribution < 1.29 is 19.4 Å². The molecule has 1 aliphatic heterocycles. The minimum atomic E-state index is -0.722. The number of pyridine rings is 1. The number of rotatable bonds is 5. The smallest absolute Gasteiger partial charge is 0.307 e. The zero-order valence-corrected chi connectivity index (χ0v) is 11.8. The summed E-state index contributed by atoms with van der Waals surface area (Å²) >= 11 is 0. The monoisotopic (exact) mass is 280 g/mol. The summed E-state index contributed by atoms with van der Waals surface area (Å²) in [4.78, 5) is 17.5. The molecule has 2 heterocycles. The van der Waals surface area contributed by atoms with E-state index in [-0.39, 0.29) is 5.92 Å². The molecule has 1 N–H and O–H groups in total. The molecule has 0 bridgehead atoms. The van der Waals surface area contributed by atoms with Gasteiger partial charge < -0.3 is 14.6 Å². The summed E-state index contributed by atoms with van der Waals surface area (Å²) in [6, 6.07) is 1.75. The fourth-order valence-electron chi connectivity index (χ4n) is 2.58. The Morgan fingerprint density at radius 1 is 1.50 bits per heavy atom. The van der Waals surface area contributed by atoms with Crippen LogP contribution < -0.4 is 9.47 Å². The predicted molar refractivity (Wildman–Crippen MR) is 73.0 cm³/mol. The Balaban J connectivity index is 2.11. The van der Waals surface area contributed by atoms with Crippen molar-refractivity contribution >= 4 is 5.97 Å². The molecular formula is C14H20N2O4. The van der Waals surface area contributed by atoms with Gasteiger partial charge in [0.15, 0.2) is 11.5 Å². The molecule has 0 saturated carbocycles. The molecule has 1 saturated heterocycles. The Labute approximate surface area is 118 Å². The Hall–Kier alpha value is -1.82. The van der Waals surface area contributed by atoms with E-state index >= 15 is 0 Å². The van der Waals surface area contributed by atoms with Gasteiger partial charge in [0.25, 0.3) is 0 Å². The summed E-state index contributed by atoms with van der Waals surface area (Å²) < 4.78 is 10.6. The van der Waals surface area contributed by atoms with Crippen LogP contribution in [0.5, 0.6) is 11.5 Å². The van der Waals surface area contributed by atoms with Crippen LogP contribution >= 0.6 is 0 Å². The zero-order valence-electron chi connectivity index (χ0n) is 11.8. The van der Waals surface area contributed by atoms with Gasteiger partial charge in [0.1, 0.15) is 5.69 Å². The van der Waals surface area contributed by atoms with Crippen LogP contribution in [0.2, 0.25) is 0 Å². The number of carbonyl (C=O) groups is 1. The second-order valence-electron chi connectivity index (χ2n) is 4.91. The van der Waals surface area contributed by atoms with E-state index in [1.165, 1.54) is 0 Å². The van der Waals surface area contributed by atoms with Gasteiger partial charge in [0, 0.05) is 25.4 Å². The van der Waals surface area contributed by atoms with E-state index in [1.807, 2.05) is 0 Å². The number of nitrogens with zero attached hydrogens (tertiary/aromatic N) is 2. The highest BCUT2D eigenvalue weighted by Gasteiger charge is 2.26. The first-order valence-corrected chi connectivity index (χ1v) is 6.66. The number of hydrogen-bond acceptors (Lipinski definition) is 5. The van der Waals surface area contributed by atoms with Crippen LogP contribution in [0.15, 0.2) is 12.3 Å². The van der Waals surface area contributed by atoms with Crippen molar-refractivity contribution in [3.63, 3.8) is 0 Å². The third-order valence-corrected chi connectivity index (χ3v) is 3.59. The lowest BCUT2D eigenvalue weighted by Gasteiger charge is -2.30. The summed E-state index contributed by atoms with van der Waals surface area (Å²) in [5.41, 5.74) is 0.776. The van der Waals surface area contributed by atoms with Crippen molar-refractivity contribution in [1.82, 2.24) is 9.88 Å². The minimum Gasteiger partial charge on any atom is -0.493 e. The maximum absolute atomic E-state index is 11.1. The van der Waals surface area contributed by atoms with Crippen LogP contribution in [-0.2, 0) is 11.3 Å². The van der Waals surface area contributed by atoms with E-state index in [9.17, 15) is 4.79 Å². The summed E-state index contributed by atoms with van der Waals surface area (Å²) in [7, 11) is 3.17. The Kier molecular flexibility index (Phi) is 4.79. The van der Waals surface area contributed by atoms with Crippen molar-refractivity contribution in [1.29, 1.82) is 0 Å². The van der Waals surface area contributed by atoms with Gasteiger partial charge in [-0.2, -0.15) is 0 Å². The van der Waals surface area contributed by atoms with Crippen molar-refractivity contribution in [2.45, 2.75) is 19.4 Å². The molecule has 0 radical (unpaired) electrons. The second-order valence-corrected chi connectivity index (χ2v) is 4.91. The topological polar surface area (TPSA) is 71.9 Å². The lowest BCUT2D eigenvalue weighted by Crippen LogP contribution is -2.38. The van der Waals surface area contributed by atoms with Crippen molar-refractivity contribution in [3.05, 3.63) is 18.0 Å². The fraction of sp³-hybridized carbons (Fsp3) is 0.571. The molecule has 1 unspecified atom stereocenters. The number of hydrogen-bond donors (Lipinski definition) is 1. The summed E-state index contributed by atoms with van der Waals surface area (Å²) in [5.74, 6) is 0.248. The SMILES string of the molecule is COc1ccnc(CN2CCCC(C(=O)O)C2)c1OC. The van der Waals surface area contributed by atoms with Crippen molar-refractivity contribution in [3.8, 4) is 11.5 Å². The highest BCUT2D eigenvalue weighted by molar-refractivity contribution is 5.70.